The minimum absolute atomic E-state index is 0.0667. The van der Waals surface area contributed by atoms with Crippen molar-refractivity contribution in [2.24, 2.45) is 22.7 Å². The van der Waals surface area contributed by atoms with Crippen molar-refractivity contribution in [2.75, 3.05) is 26.4 Å². The Bertz CT molecular complexity index is 329. The Kier molecular flexibility index (Phi) is 1.91. The molecule has 0 aromatic rings. The zero-order chi connectivity index (χ0) is 11.6. The molecule has 0 aromatic heterocycles. The Morgan fingerprint density at radius 2 is 1.31 bits per heavy atom. The fourth-order valence-electron chi connectivity index (χ4n) is 4.46. The lowest BCUT2D eigenvalue weighted by molar-refractivity contribution is -0.253. The van der Waals surface area contributed by atoms with E-state index >= 15 is 0 Å². The van der Waals surface area contributed by atoms with Gasteiger partial charge in [0.2, 0.25) is 0 Å². The summed E-state index contributed by atoms with van der Waals surface area (Å²) in [5.41, 5.74) is -0.574. The molecule has 0 spiro atoms. The van der Waals surface area contributed by atoms with Crippen molar-refractivity contribution >= 4 is 11.6 Å². The highest BCUT2D eigenvalue weighted by molar-refractivity contribution is 5.93. The predicted molar refractivity (Wildman–Crippen MR) is 54.8 cm³/mol. The van der Waals surface area contributed by atoms with E-state index in [1.54, 1.807) is 0 Å². The molecule has 3 rings (SSSR count). The van der Waals surface area contributed by atoms with Crippen LogP contribution < -0.4 is 0 Å². The lowest BCUT2D eigenvalue weighted by Crippen LogP contribution is -2.74. The maximum atomic E-state index is 11.9. The molecular formula is C12H16O4. The molecule has 1 saturated carbocycles. The molecule has 0 bridgehead atoms. The summed E-state index contributed by atoms with van der Waals surface area (Å²) in [5.74, 6) is 0.127. The van der Waals surface area contributed by atoms with Crippen LogP contribution in [-0.2, 0) is 19.1 Å². The molecule has 0 aromatic carbocycles. The zero-order valence-corrected chi connectivity index (χ0v) is 9.62. The first kappa shape index (κ1) is 10.4. The number of fused-ring (bicyclic) bond motifs is 4. The number of rotatable bonds is 0. The van der Waals surface area contributed by atoms with Gasteiger partial charge in [0.25, 0.3) is 0 Å². The predicted octanol–water partition coefficient (Wildman–Crippen LogP) is 0.444. The Balaban J connectivity index is 2.03. The van der Waals surface area contributed by atoms with Gasteiger partial charge in [-0.3, -0.25) is 9.59 Å². The molecule has 3 aliphatic rings. The summed E-state index contributed by atoms with van der Waals surface area (Å²) in [6.07, 6.45) is 0. The fourth-order valence-corrected chi connectivity index (χ4v) is 4.46. The molecule has 0 atom stereocenters. The number of Topliss-reactive ketones (excluding diaryl/α,β-unsaturated/α-hetero) is 2. The minimum atomic E-state index is -0.287. The van der Waals surface area contributed by atoms with Gasteiger partial charge in [0.05, 0.1) is 13.2 Å². The first-order chi connectivity index (χ1) is 7.50. The third-order valence-corrected chi connectivity index (χ3v) is 4.60. The Labute approximate surface area is 94.3 Å². The maximum absolute atomic E-state index is 11.9. The van der Waals surface area contributed by atoms with E-state index in [1.165, 1.54) is 0 Å². The Morgan fingerprint density at radius 3 is 1.69 bits per heavy atom. The van der Waals surface area contributed by atoms with E-state index in [1.807, 2.05) is 13.8 Å². The Hall–Kier alpha value is -0.740. The SMILES string of the molecule is CC12COCC(=O)C1C1(C)COCC(=O)C21. The van der Waals surface area contributed by atoms with E-state index in [9.17, 15) is 9.59 Å². The van der Waals surface area contributed by atoms with Crippen molar-refractivity contribution < 1.29 is 19.1 Å². The summed E-state index contributed by atoms with van der Waals surface area (Å²) in [4.78, 5) is 23.9. The molecule has 3 fully saturated rings. The summed E-state index contributed by atoms with van der Waals surface area (Å²) in [6.45, 7) is 5.44. The van der Waals surface area contributed by atoms with Crippen molar-refractivity contribution in [1.82, 2.24) is 0 Å². The number of hydrogen-bond acceptors (Lipinski definition) is 4. The van der Waals surface area contributed by atoms with Crippen molar-refractivity contribution in [3.63, 3.8) is 0 Å². The van der Waals surface area contributed by atoms with E-state index < -0.39 is 0 Å². The van der Waals surface area contributed by atoms with E-state index in [0.717, 1.165) is 0 Å². The van der Waals surface area contributed by atoms with Crippen LogP contribution in [-0.4, -0.2) is 38.0 Å². The van der Waals surface area contributed by atoms with Crippen LogP contribution in [0.15, 0.2) is 0 Å². The standard InChI is InChI=1S/C12H16O4/c1-11-5-15-3-7(13)9(11)12(2)6-16-4-8(14)10(11)12/h9-10H,3-6H2,1-2H3. The number of ether oxygens (including phenoxy) is 2. The normalized spacial score (nSPS) is 51.6. The summed E-state index contributed by atoms with van der Waals surface area (Å²) in [7, 11) is 0. The van der Waals surface area contributed by atoms with E-state index in [0.29, 0.717) is 13.2 Å². The van der Waals surface area contributed by atoms with E-state index in [4.69, 9.17) is 9.47 Å². The van der Waals surface area contributed by atoms with Gasteiger partial charge in [-0.05, 0) is 0 Å². The second-order valence-electron chi connectivity index (χ2n) is 5.80. The van der Waals surface area contributed by atoms with Crippen LogP contribution in [0.2, 0.25) is 0 Å². The van der Waals surface area contributed by atoms with Crippen LogP contribution >= 0.6 is 0 Å². The zero-order valence-electron chi connectivity index (χ0n) is 9.62. The molecule has 1 aliphatic carbocycles. The van der Waals surface area contributed by atoms with Crippen LogP contribution in [0.1, 0.15) is 13.8 Å². The molecule has 2 saturated heterocycles. The van der Waals surface area contributed by atoms with E-state index in [-0.39, 0.29) is 47.4 Å². The largest absolute Gasteiger partial charge is 0.373 e. The van der Waals surface area contributed by atoms with Crippen LogP contribution in [0.5, 0.6) is 0 Å². The van der Waals surface area contributed by atoms with Gasteiger partial charge in [0.1, 0.15) is 13.2 Å². The molecule has 2 aliphatic heterocycles. The van der Waals surface area contributed by atoms with Gasteiger partial charge in [-0.15, -0.1) is 0 Å². The summed E-state index contributed by atoms with van der Waals surface area (Å²) in [6, 6.07) is 0. The molecule has 0 unspecified atom stereocenters. The highest BCUT2D eigenvalue weighted by Gasteiger charge is 2.72. The highest BCUT2D eigenvalue weighted by Crippen LogP contribution is 2.66. The molecule has 88 valence electrons. The molecular weight excluding hydrogens is 208 g/mol. The van der Waals surface area contributed by atoms with Crippen molar-refractivity contribution in [2.45, 2.75) is 13.8 Å². The molecule has 2 heterocycles. The molecule has 0 N–H and O–H groups in total. The van der Waals surface area contributed by atoms with Crippen molar-refractivity contribution in [1.29, 1.82) is 0 Å². The van der Waals surface area contributed by atoms with Gasteiger partial charge in [0.15, 0.2) is 11.6 Å². The molecule has 16 heavy (non-hydrogen) atoms. The van der Waals surface area contributed by atoms with Crippen molar-refractivity contribution in [3.8, 4) is 0 Å². The van der Waals surface area contributed by atoms with Gasteiger partial charge in [-0.2, -0.15) is 0 Å². The molecule has 4 nitrogen and oxygen atoms in total. The van der Waals surface area contributed by atoms with Crippen LogP contribution in [0, 0.1) is 22.7 Å². The molecule has 4 heteroatoms. The highest BCUT2D eigenvalue weighted by atomic mass is 16.5. The first-order valence-electron chi connectivity index (χ1n) is 5.71. The average Bonchev–Trinajstić information content (AvgIpc) is 2.14. The second kappa shape index (κ2) is 2.93. The van der Waals surface area contributed by atoms with E-state index in [2.05, 4.69) is 0 Å². The average molecular weight is 224 g/mol. The van der Waals surface area contributed by atoms with Crippen molar-refractivity contribution in [3.05, 3.63) is 0 Å². The quantitative estimate of drug-likeness (QED) is 0.599. The van der Waals surface area contributed by atoms with Gasteiger partial charge in [0, 0.05) is 22.7 Å². The van der Waals surface area contributed by atoms with Crippen LogP contribution in [0.3, 0.4) is 0 Å². The summed E-state index contributed by atoms with van der Waals surface area (Å²) < 4.78 is 10.6. The third kappa shape index (κ3) is 0.973. The lowest BCUT2D eigenvalue weighted by atomic mass is 9.37. The molecule has 0 radical (unpaired) electrons. The van der Waals surface area contributed by atoms with Gasteiger partial charge >= 0.3 is 0 Å². The van der Waals surface area contributed by atoms with Crippen LogP contribution in [0.4, 0.5) is 0 Å². The Morgan fingerprint density at radius 1 is 0.938 bits per heavy atom. The minimum Gasteiger partial charge on any atom is -0.373 e. The number of ketones is 2. The van der Waals surface area contributed by atoms with Gasteiger partial charge in [-0.25, -0.2) is 0 Å². The monoisotopic (exact) mass is 224 g/mol. The summed E-state index contributed by atoms with van der Waals surface area (Å²) >= 11 is 0. The molecule has 0 amide bonds. The van der Waals surface area contributed by atoms with Gasteiger partial charge < -0.3 is 9.47 Å². The number of carbonyl (C=O) groups excluding carboxylic acids is 2. The first-order valence-corrected chi connectivity index (χ1v) is 5.71. The summed E-state index contributed by atoms with van der Waals surface area (Å²) in [5, 5.41) is 0. The topological polar surface area (TPSA) is 52.6 Å². The van der Waals surface area contributed by atoms with Crippen LogP contribution in [0.25, 0.3) is 0 Å². The smallest absolute Gasteiger partial charge is 0.162 e. The lowest BCUT2D eigenvalue weighted by Gasteiger charge is -2.67. The fraction of sp³-hybridized carbons (Fsp3) is 0.833. The van der Waals surface area contributed by atoms with Gasteiger partial charge in [-0.1, -0.05) is 13.8 Å². The number of carbonyl (C=O) groups is 2. The number of hydrogen-bond donors (Lipinski definition) is 0. The second-order valence-corrected chi connectivity index (χ2v) is 5.80. The third-order valence-electron chi connectivity index (χ3n) is 4.60. The maximum Gasteiger partial charge on any atom is 0.162 e.